The fraction of sp³-hybridized carbons (Fsp3) is 0.647. The second-order valence-corrected chi connectivity index (χ2v) is 5.65. The zero-order valence-corrected chi connectivity index (χ0v) is 12.7. The molecule has 2 atom stereocenters. The number of hydrogen-bond acceptors (Lipinski definition) is 2. The Kier molecular flexibility index (Phi) is 7.11. The zero-order chi connectivity index (χ0) is 14.1. The van der Waals surface area contributed by atoms with Crippen molar-refractivity contribution < 1.29 is 5.11 Å². The molecule has 0 saturated heterocycles. The molecule has 0 aliphatic heterocycles. The maximum absolute atomic E-state index is 9.74. The first-order chi connectivity index (χ1) is 9.16. The topological polar surface area (TPSA) is 32.3 Å². The third-order valence-electron chi connectivity index (χ3n) is 4.05. The van der Waals surface area contributed by atoms with E-state index in [0.29, 0.717) is 5.92 Å². The summed E-state index contributed by atoms with van der Waals surface area (Å²) in [4.78, 5) is 0. The van der Waals surface area contributed by atoms with Crippen molar-refractivity contribution in [3.63, 3.8) is 0 Å². The molecule has 0 fully saturated rings. The molecular formula is C17H29NO. The molecule has 0 saturated carbocycles. The van der Waals surface area contributed by atoms with E-state index in [2.05, 4.69) is 38.2 Å². The smallest absolute Gasteiger partial charge is 0.0652 e. The lowest BCUT2D eigenvalue weighted by atomic mass is 9.91. The van der Waals surface area contributed by atoms with Gasteiger partial charge in [0.2, 0.25) is 0 Å². The van der Waals surface area contributed by atoms with Gasteiger partial charge in [-0.1, -0.05) is 63.4 Å². The van der Waals surface area contributed by atoms with Gasteiger partial charge in [0.1, 0.15) is 0 Å². The predicted octanol–water partition coefficient (Wildman–Crippen LogP) is 3.70. The van der Waals surface area contributed by atoms with Crippen molar-refractivity contribution in [2.45, 2.75) is 52.0 Å². The van der Waals surface area contributed by atoms with Crippen molar-refractivity contribution in [2.24, 2.45) is 5.92 Å². The molecule has 0 aliphatic rings. The van der Waals surface area contributed by atoms with Gasteiger partial charge in [-0.25, -0.2) is 0 Å². The van der Waals surface area contributed by atoms with Gasteiger partial charge in [0.25, 0.3) is 0 Å². The van der Waals surface area contributed by atoms with E-state index in [-0.39, 0.29) is 12.1 Å². The molecule has 0 bridgehead atoms. The lowest BCUT2D eigenvalue weighted by Crippen LogP contribution is -2.45. The van der Waals surface area contributed by atoms with Gasteiger partial charge in [0.05, 0.1) is 12.1 Å². The molecule has 1 rings (SSSR count). The molecule has 0 spiro atoms. The third kappa shape index (κ3) is 4.96. The highest BCUT2D eigenvalue weighted by molar-refractivity contribution is 5.23. The Bertz CT molecular complexity index is 338. The average Bonchev–Trinajstić information content (AvgIpc) is 2.48. The van der Waals surface area contributed by atoms with E-state index in [1.807, 2.05) is 18.2 Å². The summed E-state index contributed by atoms with van der Waals surface area (Å²) in [6.45, 7) is 7.67. The Balaban J connectivity index is 2.61. The van der Waals surface area contributed by atoms with Crippen molar-refractivity contribution in [3.8, 4) is 0 Å². The summed E-state index contributed by atoms with van der Waals surface area (Å²) in [6, 6.07) is 10.2. The molecule has 1 aromatic rings. The third-order valence-corrected chi connectivity index (χ3v) is 4.05. The maximum atomic E-state index is 9.74. The van der Waals surface area contributed by atoms with Crippen LogP contribution in [-0.4, -0.2) is 18.3 Å². The van der Waals surface area contributed by atoms with E-state index in [9.17, 15) is 5.11 Å². The molecule has 2 nitrogen and oxygen atoms in total. The normalized spacial score (nSPS) is 16.0. The van der Waals surface area contributed by atoms with Gasteiger partial charge in [0.15, 0.2) is 0 Å². The van der Waals surface area contributed by atoms with Crippen LogP contribution >= 0.6 is 0 Å². The SMILES string of the molecule is CCCCC(CC)CNC(C)(CO)c1ccccc1. The molecule has 2 heteroatoms. The lowest BCUT2D eigenvalue weighted by Gasteiger charge is -2.31. The molecule has 0 aromatic heterocycles. The monoisotopic (exact) mass is 263 g/mol. The molecular weight excluding hydrogens is 234 g/mol. The van der Waals surface area contributed by atoms with Crippen molar-refractivity contribution in [1.29, 1.82) is 0 Å². The molecule has 1 aromatic carbocycles. The number of aliphatic hydroxyl groups excluding tert-OH is 1. The van der Waals surface area contributed by atoms with E-state index in [0.717, 1.165) is 12.1 Å². The van der Waals surface area contributed by atoms with Crippen LogP contribution in [0.3, 0.4) is 0 Å². The summed E-state index contributed by atoms with van der Waals surface area (Å²) in [5.74, 6) is 0.703. The highest BCUT2D eigenvalue weighted by Crippen LogP contribution is 2.21. The molecule has 2 N–H and O–H groups in total. The highest BCUT2D eigenvalue weighted by atomic mass is 16.3. The summed E-state index contributed by atoms with van der Waals surface area (Å²) in [7, 11) is 0. The summed E-state index contributed by atoms with van der Waals surface area (Å²) < 4.78 is 0. The second kappa shape index (κ2) is 8.34. The van der Waals surface area contributed by atoms with Gasteiger partial charge in [-0.3, -0.25) is 0 Å². The number of hydrogen-bond donors (Lipinski definition) is 2. The first-order valence-electron chi connectivity index (χ1n) is 7.57. The standard InChI is InChI=1S/C17H29NO/c1-4-6-10-15(5-2)13-18-17(3,14-19)16-11-8-7-9-12-16/h7-9,11-12,15,18-19H,4-6,10,13-14H2,1-3H3. The average molecular weight is 263 g/mol. The molecule has 108 valence electrons. The fourth-order valence-corrected chi connectivity index (χ4v) is 2.37. The van der Waals surface area contributed by atoms with Crippen LogP contribution in [0.15, 0.2) is 30.3 Å². The van der Waals surface area contributed by atoms with Crippen LogP contribution in [0.5, 0.6) is 0 Å². The van der Waals surface area contributed by atoms with Gasteiger partial charge < -0.3 is 10.4 Å². The summed E-state index contributed by atoms with van der Waals surface area (Å²) in [5, 5.41) is 13.3. The Hall–Kier alpha value is -0.860. The number of aliphatic hydroxyl groups is 1. The second-order valence-electron chi connectivity index (χ2n) is 5.65. The van der Waals surface area contributed by atoms with Crippen molar-refractivity contribution in [2.75, 3.05) is 13.2 Å². The van der Waals surface area contributed by atoms with Crippen LogP contribution in [0.2, 0.25) is 0 Å². The summed E-state index contributed by atoms with van der Waals surface area (Å²) in [6.07, 6.45) is 5.02. The van der Waals surface area contributed by atoms with Gasteiger partial charge in [-0.15, -0.1) is 0 Å². The predicted molar refractivity (Wildman–Crippen MR) is 82.2 cm³/mol. The fourth-order valence-electron chi connectivity index (χ4n) is 2.37. The highest BCUT2D eigenvalue weighted by Gasteiger charge is 2.25. The minimum absolute atomic E-state index is 0.126. The number of rotatable bonds is 9. The summed E-state index contributed by atoms with van der Waals surface area (Å²) >= 11 is 0. The summed E-state index contributed by atoms with van der Waals surface area (Å²) in [5.41, 5.74) is 0.823. The van der Waals surface area contributed by atoms with Crippen molar-refractivity contribution >= 4 is 0 Å². The molecule has 0 amide bonds. The van der Waals surface area contributed by atoms with Crippen LogP contribution in [-0.2, 0) is 5.54 Å². The molecule has 2 unspecified atom stereocenters. The Labute approximate surface area is 118 Å². The quantitative estimate of drug-likeness (QED) is 0.712. The van der Waals surface area contributed by atoms with E-state index in [4.69, 9.17) is 0 Å². The zero-order valence-electron chi connectivity index (χ0n) is 12.7. The lowest BCUT2D eigenvalue weighted by molar-refractivity contribution is 0.167. The van der Waals surface area contributed by atoms with Gasteiger partial charge in [-0.05, 0) is 31.4 Å². The van der Waals surface area contributed by atoms with Crippen LogP contribution in [0, 0.1) is 5.92 Å². The minimum atomic E-state index is -0.332. The molecule has 19 heavy (non-hydrogen) atoms. The first-order valence-corrected chi connectivity index (χ1v) is 7.57. The van der Waals surface area contributed by atoms with Crippen LogP contribution in [0.25, 0.3) is 0 Å². The van der Waals surface area contributed by atoms with E-state index in [1.54, 1.807) is 0 Å². The number of unbranched alkanes of at least 4 members (excludes halogenated alkanes) is 1. The Morgan fingerprint density at radius 2 is 1.89 bits per heavy atom. The van der Waals surface area contributed by atoms with Gasteiger partial charge in [0, 0.05) is 0 Å². The largest absolute Gasteiger partial charge is 0.394 e. The van der Waals surface area contributed by atoms with Gasteiger partial charge in [-0.2, -0.15) is 0 Å². The Morgan fingerprint density at radius 3 is 2.42 bits per heavy atom. The molecule has 0 heterocycles. The van der Waals surface area contributed by atoms with Crippen LogP contribution in [0.1, 0.15) is 52.0 Å². The van der Waals surface area contributed by atoms with Crippen molar-refractivity contribution in [1.82, 2.24) is 5.32 Å². The minimum Gasteiger partial charge on any atom is -0.394 e. The molecule has 0 aliphatic carbocycles. The van der Waals surface area contributed by atoms with Crippen molar-refractivity contribution in [3.05, 3.63) is 35.9 Å². The van der Waals surface area contributed by atoms with Crippen LogP contribution in [0.4, 0.5) is 0 Å². The maximum Gasteiger partial charge on any atom is 0.0652 e. The van der Waals surface area contributed by atoms with Gasteiger partial charge >= 0.3 is 0 Å². The molecule has 0 radical (unpaired) electrons. The van der Waals surface area contributed by atoms with E-state index < -0.39 is 0 Å². The first kappa shape index (κ1) is 16.2. The number of nitrogens with one attached hydrogen (secondary N) is 1. The Morgan fingerprint density at radius 1 is 1.21 bits per heavy atom. The van der Waals surface area contributed by atoms with Crippen LogP contribution < -0.4 is 5.32 Å². The van der Waals surface area contributed by atoms with E-state index >= 15 is 0 Å². The number of benzene rings is 1. The van der Waals surface area contributed by atoms with E-state index in [1.165, 1.54) is 25.7 Å².